The highest BCUT2D eigenvalue weighted by molar-refractivity contribution is 14.1. The summed E-state index contributed by atoms with van der Waals surface area (Å²) in [6.07, 6.45) is 4.00. The number of nitrogens with zero attached hydrogens (tertiary/aromatic N) is 4. The third-order valence-electron chi connectivity index (χ3n) is 3.90. The lowest BCUT2D eigenvalue weighted by Crippen LogP contribution is -2.34. The molecule has 2 aromatic heterocycles. The van der Waals surface area contributed by atoms with Crippen LogP contribution in [0.25, 0.3) is 11.3 Å². The van der Waals surface area contributed by atoms with Crippen molar-refractivity contribution >= 4 is 28.4 Å². The predicted molar refractivity (Wildman–Crippen MR) is 95.7 cm³/mol. The number of imidazole rings is 1. The molecule has 0 saturated heterocycles. The molecule has 5 heteroatoms. The molecule has 1 aliphatic heterocycles. The maximum Gasteiger partial charge on any atom is 0.129 e. The van der Waals surface area contributed by atoms with Gasteiger partial charge in [0.1, 0.15) is 11.6 Å². The smallest absolute Gasteiger partial charge is 0.129 e. The molecule has 0 radical (unpaired) electrons. The molecule has 22 heavy (non-hydrogen) atoms. The average molecular weight is 402 g/mol. The lowest BCUT2D eigenvalue weighted by atomic mass is 10.2. The zero-order chi connectivity index (χ0) is 14.9. The van der Waals surface area contributed by atoms with Gasteiger partial charge in [0.25, 0.3) is 0 Å². The van der Waals surface area contributed by atoms with Gasteiger partial charge in [-0.15, -0.1) is 0 Å². The van der Waals surface area contributed by atoms with Crippen molar-refractivity contribution in [1.29, 1.82) is 0 Å². The predicted octanol–water partition coefficient (Wildman–Crippen LogP) is 3.57. The number of halogens is 1. The van der Waals surface area contributed by atoms with Gasteiger partial charge in [-0.1, -0.05) is 18.2 Å². The van der Waals surface area contributed by atoms with Gasteiger partial charge in [0.15, 0.2) is 0 Å². The number of pyridine rings is 1. The first-order valence-electron chi connectivity index (χ1n) is 7.27. The van der Waals surface area contributed by atoms with Crippen LogP contribution in [0.1, 0.15) is 5.82 Å². The molecule has 0 aliphatic carbocycles. The van der Waals surface area contributed by atoms with E-state index in [2.05, 4.69) is 73.6 Å². The highest BCUT2D eigenvalue weighted by Gasteiger charge is 2.19. The average Bonchev–Trinajstić information content (AvgIpc) is 2.99. The topological polar surface area (TPSA) is 34.0 Å². The summed E-state index contributed by atoms with van der Waals surface area (Å²) >= 11 is 2.34. The van der Waals surface area contributed by atoms with Crippen LogP contribution >= 0.6 is 22.6 Å². The van der Waals surface area contributed by atoms with Crippen LogP contribution in [0.3, 0.4) is 0 Å². The summed E-state index contributed by atoms with van der Waals surface area (Å²) in [7, 11) is 0. The van der Waals surface area contributed by atoms with Gasteiger partial charge in [0.2, 0.25) is 0 Å². The first-order valence-corrected chi connectivity index (χ1v) is 8.35. The third kappa shape index (κ3) is 2.61. The normalized spacial score (nSPS) is 14.0. The van der Waals surface area contributed by atoms with E-state index in [1.807, 2.05) is 18.3 Å². The summed E-state index contributed by atoms with van der Waals surface area (Å²) in [6.45, 7) is 2.72. The van der Waals surface area contributed by atoms with Gasteiger partial charge in [0, 0.05) is 34.6 Å². The van der Waals surface area contributed by atoms with Gasteiger partial charge in [0.05, 0.1) is 12.2 Å². The molecule has 0 N–H and O–H groups in total. The van der Waals surface area contributed by atoms with Gasteiger partial charge in [-0.2, -0.15) is 0 Å². The summed E-state index contributed by atoms with van der Waals surface area (Å²) in [6, 6.07) is 14.5. The summed E-state index contributed by atoms with van der Waals surface area (Å²) in [5.74, 6) is 2.12. The Morgan fingerprint density at radius 3 is 2.82 bits per heavy atom. The van der Waals surface area contributed by atoms with E-state index in [1.54, 1.807) is 0 Å². The summed E-state index contributed by atoms with van der Waals surface area (Å²) in [4.78, 5) is 11.5. The first-order chi connectivity index (χ1) is 10.8. The van der Waals surface area contributed by atoms with E-state index < -0.39 is 0 Å². The number of hydrogen-bond donors (Lipinski definition) is 0. The van der Waals surface area contributed by atoms with Crippen molar-refractivity contribution in [2.24, 2.45) is 0 Å². The van der Waals surface area contributed by atoms with Crippen molar-refractivity contribution in [3.05, 3.63) is 64.3 Å². The van der Waals surface area contributed by atoms with Crippen molar-refractivity contribution in [2.45, 2.75) is 13.1 Å². The van der Waals surface area contributed by atoms with Crippen LogP contribution in [0.15, 0.2) is 54.9 Å². The zero-order valence-electron chi connectivity index (χ0n) is 12.0. The summed E-state index contributed by atoms with van der Waals surface area (Å²) < 4.78 is 3.49. The van der Waals surface area contributed by atoms with Crippen molar-refractivity contribution in [1.82, 2.24) is 14.5 Å². The second-order valence-electron chi connectivity index (χ2n) is 5.36. The number of fused-ring (bicyclic) bond motifs is 1. The Morgan fingerprint density at radius 1 is 1.05 bits per heavy atom. The van der Waals surface area contributed by atoms with E-state index in [1.165, 1.54) is 9.13 Å². The Hall–Kier alpha value is -1.89. The SMILES string of the molecule is Ic1cccc(-c2cn3c(n2)CN(c2ccccn2)CC3)c1. The molecule has 4 rings (SSSR count). The minimum absolute atomic E-state index is 0.806. The van der Waals surface area contributed by atoms with Gasteiger partial charge < -0.3 is 9.47 Å². The second-order valence-corrected chi connectivity index (χ2v) is 6.60. The highest BCUT2D eigenvalue weighted by atomic mass is 127. The van der Waals surface area contributed by atoms with E-state index in [-0.39, 0.29) is 0 Å². The lowest BCUT2D eigenvalue weighted by Gasteiger charge is -2.28. The molecule has 110 valence electrons. The molecule has 0 saturated carbocycles. The van der Waals surface area contributed by atoms with Crippen LogP contribution in [-0.4, -0.2) is 21.1 Å². The van der Waals surface area contributed by atoms with E-state index >= 15 is 0 Å². The highest BCUT2D eigenvalue weighted by Crippen LogP contribution is 2.24. The first kappa shape index (κ1) is 13.8. The maximum absolute atomic E-state index is 4.83. The molecule has 0 bridgehead atoms. The quantitative estimate of drug-likeness (QED) is 0.615. The Morgan fingerprint density at radius 2 is 2.00 bits per heavy atom. The van der Waals surface area contributed by atoms with Crippen LogP contribution < -0.4 is 4.90 Å². The van der Waals surface area contributed by atoms with Crippen molar-refractivity contribution in [3.63, 3.8) is 0 Å². The molecule has 1 aromatic carbocycles. The third-order valence-corrected chi connectivity index (χ3v) is 4.57. The lowest BCUT2D eigenvalue weighted by molar-refractivity contribution is 0.556. The molecule has 4 nitrogen and oxygen atoms in total. The number of benzene rings is 1. The number of rotatable bonds is 2. The fourth-order valence-corrected chi connectivity index (χ4v) is 3.32. The molecule has 1 aliphatic rings. The van der Waals surface area contributed by atoms with E-state index in [4.69, 9.17) is 4.98 Å². The molecular formula is C17H15IN4. The Labute approximate surface area is 143 Å². The molecule has 0 spiro atoms. The van der Waals surface area contributed by atoms with E-state index in [9.17, 15) is 0 Å². The Kier molecular flexibility index (Phi) is 3.57. The van der Waals surface area contributed by atoms with Crippen molar-refractivity contribution in [2.75, 3.05) is 11.4 Å². The van der Waals surface area contributed by atoms with Crippen LogP contribution in [0, 0.1) is 3.57 Å². The monoisotopic (exact) mass is 402 g/mol. The largest absolute Gasteiger partial charge is 0.347 e. The number of anilines is 1. The van der Waals surface area contributed by atoms with E-state index in [0.717, 1.165) is 37.0 Å². The molecule has 3 aromatic rings. The summed E-state index contributed by atoms with van der Waals surface area (Å²) in [5.41, 5.74) is 2.23. The number of hydrogen-bond acceptors (Lipinski definition) is 3. The molecule has 0 atom stereocenters. The van der Waals surface area contributed by atoms with Crippen LogP contribution in [-0.2, 0) is 13.1 Å². The standard InChI is InChI=1S/C17H15IN4/c18-14-5-3-4-13(10-14)15-11-21-8-9-22(12-17(21)20-15)16-6-1-2-7-19-16/h1-7,10-11H,8-9,12H2. The fourth-order valence-electron chi connectivity index (χ4n) is 2.78. The molecule has 3 heterocycles. The minimum atomic E-state index is 0.806. The Balaban J connectivity index is 1.64. The maximum atomic E-state index is 4.83. The van der Waals surface area contributed by atoms with Crippen LogP contribution in [0.4, 0.5) is 5.82 Å². The molecule has 0 amide bonds. The second kappa shape index (κ2) is 5.72. The molecular weight excluding hydrogens is 387 g/mol. The van der Waals surface area contributed by atoms with Gasteiger partial charge in [-0.05, 0) is 46.9 Å². The van der Waals surface area contributed by atoms with Gasteiger partial charge in [-0.25, -0.2) is 9.97 Å². The van der Waals surface area contributed by atoms with Crippen LogP contribution in [0.2, 0.25) is 0 Å². The zero-order valence-corrected chi connectivity index (χ0v) is 14.1. The molecule has 0 fully saturated rings. The minimum Gasteiger partial charge on any atom is -0.347 e. The molecule has 0 unspecified atom stereocenters. The van der Waals surface area contributed by atoms with E-state index in [0.29, 0.717) is 0 Å². The fraction of sp³-hybridized carbons (Fsp3) is 0.176. The van der Waals surface area contributed by atoms with Gasteiger partial charge in [-0.3, -0.25) is 0 Å². The van der Waals surface area contributed by atoms with Crippen molar-refractivity contribution in [3.8, 4) is 11.3 Å². The van der Waals surface area contributed by atoms with Crippen molar-refractivity contribution < 1.29 is 0 Å². The van der Waals surface area contributed by atoms with Gasteiger partial charge >= 0.3 is 0 Å². The number of aromatic nitrogens is 3. The Bertz CT molecular complexity index is 797. The summed E-state index contributed by atoms with van der Waals surface area (Å²) in [5, 5.41) is 0. The van der Waals surface area contributed by atoms with Crippen LogP contribution in [0.5, 0.6) is 0 Å².